The van der Waals surface area contributed by atoms with E-state index in [9.17, 15) is 8.42 Å². The smallest absolute Gasteiger partial charge is 0.262 e. The van der Waals surface area contributed by atoms with Crippen molar-refractivity contribution in [3.05, 3.63) is 89.5 Å². The fraction of sp³-hybridized carbons (Fsp3) is 0.286. The maximum Gasteiger partial charge on any atom is 0.262 e. The maximum absolute atomic E-state index is 13.3. The van der Waals surface area contributed by atoms with Crippen molar-refractivity contribution >= 4 is 21.4 Å². The number of rotatable bonds is 7. The molecular weight excluding hydrogens is 460 g/mol. The Bertz CT molecular complexity index is 1370. The molecule has 1 aliphatic carbocycles. The average Bonchev–Trinajstić information content (AvgIpc) is 3.34. The van der Waals surface area contributed by atoms with Gasteiger partial charge in [-0.2, -0.15) is 0 Å². The summed E-state index contributed by atoms with van der Waals surface area (Å²) in [4.78, 5) is 0.236. The van der Waals surface area contributed by atoms with Crippen LogP contribution in [0.25, 0.3) is 0 Å². The van der Waals surface area contributed by atoms with E-state index in [1.807, 2.05) is 38.1 Å². The van der Waals surface area contributed by atoms with Gasteiger partial charge in [0.25, 0.3) is 10.0 Å². The molecule has 182 valence electrons. The molecule has 2 aliphatic rings. The van der Waals surface area contributed by atoms with Gasteiger partial charge in [-0.3, -0.25) is 4.72 Å². The minimum absolute atomic E-state index is 0.135. The summed E-state index contributed by atoms with van der Waals surface area (Å²) in [5.41, 5.74) is 4.53. The van der Waals surface area contributed by atoms with Crippen LogP contribution >= 0.6 is 0 Å². The third kappa shape index (κ3) is 4.48. The third-order valence-electron chi connectivity index (χ3n) is 6.79. The number of hydrogen-bond donors (Lipinski definition) is 2. The summed E-state index contributed by atoms with van der Waals surface area (Å²) in [6.07, 6.45) is 5.34. The van der Waals surface area contributed by atoms with Crippen LogP contribution in [0.5, 0.6) is 11.5 Å². The lowest BCUT2D eigenvalue weighted by atomic mass is 9.77. The lowest BCUT2D eigenvalue weighted by Gasteiger charge is -2.37. The molecule has 3 aromatic rings. The number of sulfonamides is 1. The lowest BCUT2D eigenvalue weighted by molar-refractivity contribution is 0.340. The predicted octanol–water partition coefficient (Wildman–Crippen LogP) is 6.03. The Morgan fingerprint density at radius 1 is 1.06 bits per heavy atom. The van der Waals surface area contributed by atoms with Crippen molar-refractivity contribution in [1.82, 2.24) is 0 Å². The minimum Gasteiger partial charge on any atom is -0.495 e. The van der Waals surface area contributed by atoms with Gasteiger partial charge in [0.2, 0.25) is 0 Å². The van der Waals surface area contributed by atoms with Crippen LogP contribution in [0.1, 0.15) is 42.0 Å². The summed E-state index contributed by atoms with van der Waals surface area (Å²) in [7, 11) is -2.27. The van der Waals surface area contributed by atoms with E-state index in [4.69, 9.17) is 9.47 Å². The zero-order valence-corrected chi connectivity index (χ0v) is 20.9. The van der Waals surface area contributed by atoms with Crippen LogP contribution in [0.4, 0.5) is 11.4 Å². The predicted molar refractivity (Wildman–Crippen MR) is 139 cm³/mol. The van der Waals surface area contributed by atoms with E-state index in [0.29, 0.717) is 24.0 Å². The van der Waals surface area contributed by atoms with Gasteiger partial charge in [0.05, 0.1) is 30.3 Å². The highest BCUT2D eigenvalue weighted by molar-refractivity contribution is 7.92. The van der Waals surface area contributed by atoms with Crippen LogP contribution in [0.15, 0.2) is 77.7 Å². The van der Waals surface area contributed by atoms with Crippen molar-refractivity contribution < 1.29 is 17.9 Å². The molecule has 0 aromatic heterocycles. The lowest BCUT2D eigenvalue weighted by Crippen LogP contribution is -2.29. The van der Waals surface area contributed by atoms with E-state index in [2.05, 4.69) is 34.3 Å². The Kier molecular flexibility index (Phi) is 6.19. The first-order chi connectivity index (χ1) is 16.9. The molecular formula is C28H30N2O4S. The molecule has 1 heterocycles. The first kappa shape index (κ1) is 23.3. The Morgan fingerprint density at radius 2 is 1.86 bits per heavy atom. The van der Waals surface area contributed by atoms with E-state index in [1.165, 1.54) is 12.7 Å². The molecule has 0 amide bonds. The number of anilines is 2. The molecule has 0 saturated carbocycles. The number of allylic oxidation sites excluding steroid dienone is 2. The van der Waals surface area contributed by atoms with Gasteiger partial charge in [-0.1, -0.05) is 30.4 Å². The van der Waals surface area contributed by atoms with E-state index in [1.54, 1.807) is 24.3 Å². The number of nitrogens with one attached hydrogen (secondary N) is 2. The number of hydrogen-bond acceptors (Lipinski definition) is 5. The highest BCUT2D eigenvalue weighted by Crippen LogP contribution is 2.50. The van der Waals surface area contributed by atoms with Crippen LogP contribution < -0.4 is 19.5 Å². The molecule has 0 radical (unpaired) electrons. The second-order valence-corrected chi connectivity index (χ2v) is 10.7. The van der Waals surface area contributed by atoms with Crippen LogP contribution in [-0.4, -0.2) is 22.1 Å². The Morgan fingerprint density at radius 3 is 2.60 bits per heavy atom. The topological polar surface area (TPSA) is 76.7 Å². The molecule has 5 rings (SSSR count). The van der Waals surface area contributed by atoms with Gasteiger partial charge in [-0.05, 0) is 85.3 Å². The second-order valence-electron chi connectivity index (χ2n) is 9.04. The molecule has 35 heavy (non-hydrogen) atoms. The molecule has 1 aliphatic heterocycles. The van der Waals surface area contributed by atoms with E-state index in [-0.39, 0.29) is 16.9 Å². The number of methoxy groups -OCH3 is 1. The zero-order chi connectivity index (χ0) is 24.6. The third-order valence-corrected chi connectivity index (χ3v) is 8.16. The number of benzene rings is 3. The largest absolute Gasteiger partial charge is 0.495 e. The standard InChI is InChI=1S/C28H30N2O4S/c1-4-34-20-11-9-19(10-12-20)28-23-7-5-6-22(23)24-17-21(13-14-25(24)29-28)35(31,32)30-26-16-18(2)8-15-27(26)33-3/h5-6,8-17,22-23,28-30H,4,7H2,1-3H3/t22-,23+,28+/m0/s1. The summed E-state index contributed by atoms with van der Waals surface area (Å²) in [6, 6.07) is 19.1. The zero-order valence-electron chi connectivity index (χ0n) is 20.1. The average molecular weight is 491 g/mol. The summed E-state index contributed by atoms with van der Waals surface area (Å²) in [6.45, 7) is 4.53. The van der Waals surface area contributed by atoms with Crippen LogP contribution in [0.3, 0.4) is 0 Å². The molecule has 0 bridgehead atoms. The van der Waals surface area contributed by atoms with Gasteiger partial charge in [0.1, 0.15) is 11.5 Å². The first-order valence-electron chi connectivity index (χ1n) is 11.9. The highest BCUT2D eigenvalue weighted by atomic mass is 32.2. The van der Waals surface area contributed by atoms with Gasteiger partial charge < -0.3 is 14.8 Å². The van der Waals surface area contributed by atoms with Crippen LogP contribution in [0.2, 0.25) is 0 Å². The molecule has 0 saturated heterocycles. The van der Waals surface area contributed by atoms with Gasteiger partial charge in [-0.25, -0.2) is 8.42 Å². The van der Waals surface area contributed by atoms with E-state index >= 15 is 0 Å². The van der Waals surface area contributed by atoms with Crippen molar-refractivity contribution in [2.75, 3.05) is 23.8 Å². The monoisotopic (exact) mass is 490 g/mol. The van der Waals surface area contributed by atoms with Gasteiger partial charge in [0, 0.05) is 11.6 Å². The van der Waals surface area contributed by atoms with Crippen molar-refractivity contribution in [2.24, 2.45) is 5.92 Å². The highest BCUT2D eigenvalue weighted by Gasteiger charge is 2.38. The van der Waals surface area contributed by atoms with Crippen molar-refractivity contribution in [1.29, 1.82) is 0 Å². The first-order valence-corrected chi connectivity index (χ1v) is 13.4. The fourth-order valence-electron chi connectivity index (χ4n) is 5.11. The summed E-state index contributed by atoms with van der Waals surface area (Å²) in [5, 5.41) is 3.67. The van der Waals surface area contributed by atoms with E-state index < -0.39 is 10.0 Å². The molecule has 7 heteroatoms. The molecule has 0 unspecified atom stereocenters. The minimum atomic E-state index is -3.80. The summed E-state index contributed by atoms with van der Waals surface area (Å²) >= 11 is 0. The molecule has 3 aromatic carbocycles. The molecule has 2 N–H and O–H groups in total. The summed E-state index contributed by atoms with van der Waals surface area (Å²) in [5.74, 6) is 1.80. The van der Waals surface area contributed by atoms with Gasteiger partial charge >= 0.3 is 0 Å². The normalized spacial score (nSPS) is 20.5. The molecule has 6 nitrogen and oxygen atoms in total. The molecule has 0 spiro atoms. The molecule has 0 fully saturated rings. The SMILES string of the molecule is CCOc1ccc([C@H]2Nc3ccc(S(=O)(=O)Nc4cc(C)ccc4OC)cc3[C@H]3C=CC[C@H]32)cc1. The summed E-state index contributed by atoms with van der Waals surface area (Å²) < 4.78 is 40.3. The van der Waals surface area contributed by atoms with E-state index in [0.717, 1.165) is 29.0 Å². The number of ether oxygens (including phenoxy) is 2. The van der Waals surface area contributed by atoms with Crippen LogP contribution in [-0.2, 0) is 10.0 Å². The number of aryl methyl sites for hydroxylation is 1. The maximum atomic E-state index is 13.3. The Hall–Kier alpha value is -3.45. The van der Waals surface area contributed by atoms with Crippen molar-refractivity contribution in [2.45, 2.75) is 37.1 Å². The fourth-order valence-corrected chi connectivity index (χ4v) is 6.21. The Labute approximate surface area is 207 Å². The van der Waals surface area contributed by atoms with Gasteiger partial charge in [-0.15, -0.1) is 0 Å². The second kappa shape index (κ2) is 9.30. The van der Waals surface area contributed by atoms with Crippen molar-refractivity contribution in [3.63, 3.8) is 0 Å². The van der Waals surface area contributed by atoms with Crippen molar-refractivity contribution in [3.8, 4) is 11.5 Å². The van der Waals surface area contributed by atoms with Gasteiger partial charge in [0.15, 0.2) is 0 Å². The van der Waals surface area contributed by atoms with Crippen LogP contribution in [0, 0.1) is 12.8 Å². The number of fused-ring (bicyclic) bond motifs is 3. The quantitative estimate of drug-likeness (QED) is 0.396. The Balaban J connectivity index is 1.45. The molecule has 3 atom stereocenters.